The monoisotopic (exact) mass is 351 g/mol. The van der Waals surface area contributed by atoms with Crippen molar-refractivity contribution in [3.05, 3.63) is 61.0 Å². The number of fused-ring (bicyclic) bond motifs is 2. The summed E-state index contributed by atoms with van der Waals surface area (Å²) in [6.07, 6.45) is 13.2. The van der Waals surface area contributed by atoms with Crippen LogP contribution in [-0.2, 0) is 11.3 Å². The molecule has 0 bridgehead atoms. The summed E-state index contributed by atoms with van der Waals surface area (Å²) in [5.74, 6) is 0.835. The van der Waals surface area contributed by atoms with E-state index in [9.17, 15) is 0 Å². The zero-order valence-electron chi connectivity index (χ0n) is 13.7. The summed E-state index contributed by atoms with van der Waals surface area (Å²) in [6.45, 7) is 1.23. The van der Waals surface area contributed by atoms with Gasteiger partial charge in [0.15, 0.2) is 5.82 Å². The fourth-order valence-electron chi connectivity index (χ4n) is 2.69. The molecule has 4 rings (SSSR count). The summed E-state index contributed by atoms with van der Waals surface area (Å²) in [5, 5.41) is 0.899. The predicted molar refractivity (Wildman–Crippen MR) is 97.9 cm³/mol. The highest BCUT2D eigenvalue weighted by Gasteiger charge is 2.25. The first kappa shape index (κ1) is 15.9. The Balaban J connectivity index is 1.63. The van der Waals surface area contributed by atoms with E-state index in [0.717, 1.165) is 33.5 Å². The van der Waals surface area contributed by atoms with Crippen molar-refractivity contribution in [2.24, 2.45) is 0 Å². The standard InChI is InChI=1S/C18H17N5OS/c1-24-13-23-15-11-14(3-2-9-22-10-8-19-12-22)4-5-16(15)25-18-17(23)20-6-7-21-18/h2-8,10-12H,9,13H2,1H3. The molecule has 126 valence electrons. The molecule has 6 nitrogen and oxygen atoms in total. The van der Waals surface area contributed by atoms with Crippen LogP contribution in [0.3, 0.4) is 0 Å². The lowest BCUT2D eigenvalue weighted by Gasteiger charge is -2.30. The Morgan fingerprint density at radius 1 is 1.20 bits per heavy atom. The maximum absolute atomic E-state index is 5.39. The summed E-state index contributed by atoms with van der Waals surface area (Å²) in [7, 11) is 1.69. The van der Waals surface area contributed by atoms with E-state index < -0.39 is 0 Å². The number of imidazole rings is 1. The fourth-order valence-corrected chi connectivity index (χ4v) is 3.68. The van der Waals surface area contributed by atoms with Crippen LogP contribution in [0.25, 0.3) is 6.08 Å². The highest BCUT2D eigenvalue weighted by molar-refractivity contribution is 7.99. The van der Waals surface area contributed by atoms with Gasteiger partial charge < -0.3 is 9.30 Å². The molecular weight excluding hydrogens is 334 g/mol. The van der Waals surface area contributed by atoms with E-state index >= 15 is 0 Å². The number of benzene rings is 1. The highest BCUT2D eigenvalue weighted by atomic mass is 32.2. The summed E-state index contributed by atoms with van der Waals surface area (Å²) < 4.78 is 7.41. The second-order valence-electron chi connectivity index (χ2n) is 5.52. The van der Waals surface area contributed by atoms with Crippen molar-refractivity contribution in [2.75, 3.05) is 18.7 Å². The first-order chi connectivity index (χ1) is 12.3. The van der Waals surface area contributed by atoms with Gasteiger partial charge in [0.05, 0.1) is 12.0 Å². The molecule has 7 heteroatoms. The quantitative estimate of drug-likeness (QED) is 0.700. The van der Waals surface area contributed by atoms with E-state index in [-0.39, 0.29) is 0 Å². The zero-order valence-corrected chi connectivity index (χ0v) is 14.6. The number of nitrogens with zero attached hydrogens (tertiary/aromatic N) is 5. The van der Waals surface area contributed by atoms with Gasteiger partial charge in [0.1, 0.15) is 11.8 Å². The number of aromatic nitrogens is 4. The van der Waals surface area contributed by atoms with Crippen LogP contribution in [-0.4, -0.2) is 33.4 Å². The molecule has 1 aliphatic rings. The molecule has 0 aliphatic carbocycles. The summed E-state index contributed by atoms with van der Waals surface area (Å²) in [5.41, 5.74) is 2.22. The Morgan fingerprint density at radius 3 is 2.96 bits per heavy atom. The molecule has 0 saturated carbocycles. The minimum Gasteiger partial charge on any atom is -0.364 e. The number of hydrogen-bond acceptors (Lipinski definition) is 6. The van der Waals surface area contributed by atoms with Crippen molar-refractivity contribution in [3.8, 4) is 0 Å². The maximum atomic E-state index is 5.39. The number of ether oxygens (including phenoxy) is 1. The second kappa shape index (κ2) is 7.08. The van der Waals surface area contributed by atoms with Gasteiger partial charge >= 0.3 is 0 Å². The van der Waals surface area contributed by atoms with E-state index in [0.29, 0.717) is 6.73 Å². The van der Waals surface area contributed by atoms with Gasteiger partial charge in [-0.1, -0.05) is 30.0 Å². The van der Waals surface area contributed by atoms with Crippen molar-refractivity contribution in [1.29, 1.82) is 0 Å². The SMILES string of the molecule is COCN1c2cc(C=CCn3ccnc3)ccc2Sc2nccnc21. The van der Waals surface area contributed by atoms with Gasteiger partial charge in [-0.15, -0.1) is 0 Å². The lowest BCUT2D eigenvalue weighted by atomic mass is 10.1. The molecule has 25 heavy (non-hydrogen) atoms. The molecule has 0 N–H and O–H groups in total. The Kier molecular flexibility index (Phi) is 4.49. The zero-order chi connectivity index (χ0) is 17.1. The number of allylic oxidation sites excluding steroid dienone is 1. The largest absolute Gasteiger partial charge is 0.364 e. The number of hydrogen-bond donors (Lipinski definition) is 0. The van der Waals surface area contributed by atoms with Gasteiger partial charge in [0.25, 0.3) is 0 Å². The van der Waals surface area contributed by atoms with Crippen LogP contribution in [0.5, 0.6) is 0 Å². The summed E-state index contributed by atoms with van der Waals surface area (Å²) >= 11 is 1.64. The number of methoxy groups -OCH3 is 1. The molecule has 1 aliphatic heterocycles. The average Bonchev–Trinajstić information content (AvgIpc) is 3.15. The Bertz CT molecular complexity index is 894. The summed E-state index contributed by atoms with van der Waals surface area (Å²) in [4.78, 5) is 16.2. The first-order valence-corrected chi connectivity index (χ1v) is 8.68. The van der Waals surface area contributed by atoms with Gasteiger partial charge in [-0.3, -0.25) is 4.90 Å². The van der Waals surface area contributed by atoms with Crippen LogP contribution in [0.1, 0.15) is 5.56 Å². The molecule has 3 aromatic rings. The molecule has 0 radical (unpaired) electrons. The minimum absolute atomic E-state index is 0.432. The van der Waals surface area contributed by atoms with Crippen molar-refractivity contribution in [3.63, 3.8) is 0 Å². The van der Waals surface area contributed by atoms with E-state index in [1.54, 1.807) is 37.5 Å². The van der Waals surface area contributed by atoms with Gasteiger partial charge in [-0.25, -0.2) is 15.0 Å². The minimum atomic E-state index is 0.432. The van der Waals surface area contributed by atoms with Crippen molar-refractivity contribution in [1.82, 2.24) is 19.5 Å². The fraction of sp³-hybridized carbons (Fsp3) is 0.167. The highest BCUT2D eigenvalue weighted by Crippen LogP contribution is 2.46. The Hall–Kier alpha value is -2.64. The lowest BCUT2D eigenvalue weighted by Crippen LogP contribution is -2.24. The molecule has 0 amide bonds. The van der Waals surface area contributed by atoms with E-state index in [1.807, 2.05) is 17.1 Å². The summed E-state index contributed by atoms with van der Waals surface area (Å²) in [6, 6.07) is 6.39. The van der Waals surface area contributed by atoms with Gasteiger partial charge in [0, 0.05) is 43.3 Å². The Morgan fingerprint density at radius 2 is 2.12 bits per heavy atom. The number of rotatable bonds is 5. The van der Waals surface area contributed by atoms with Crippen LogP contribution >= 0.6 is 11.8 Å². The molecule has 0 unspecified atom stereocenters. The van der Waals surface area contributed by atoms with Crippen LogP contribution in [0.4, 0.5) is 11.5 Å². The topological polar surface area (TPSA) is 56.1 Å². The molecule has 0 fully saturated rings. The van der Waals surface area contributed by atoms with Crippen molar-refractivity contribution in [2.45, 2.75) is 16.5 Å². The molecule has 0 spiro atoms. The smallest absolute Gasteiger partial charge is 0.168 e. The molecule has 1 aromatic carbocycles. The normalized spacial score (nSPS) is 13.1. The van der Waals surface area contributed by atoms with Crippen LogP contribution in [0.15, 0.2) is 65.3 Å². The molecule has 3 heterocycles. The van der Waals surface area contributed by atoms with Crippen LogP contribution in [0.2, 0.25) is 0 Å². The third-order valence-electron chi connectivity index (χ3n) is 3.83. The third-order valence-corrected chi connectivity index (χ3v) is 4.87. The van der Waals surface area contributed by atoms with Gasteiger partial charge in [-0.2, -0.15) is 0 Å². The van der Waals surface area contributed by atoms with Gasteiger partial charge in [-0.05, 0) is 17.7 Å². The van der Waals surface area contributed by atoms with Crippen LogP contribution in [0, 0.1) is 0 Å². The molecular formula is C18H17N5OS. The van der Waals surface area contributed by atoms with Crippen molar-refractivity contribution < 1.29 is 4.74 Å². The van der Waals surface area contributed by atoms with Crippen molar-refractivity contribution >= 4 is 29.3 Å². The maximum Gasteiger partial charge on any atom is 0.168 e. The van der Waals surface area contributed by atoms with Crippen LogP contribution < -0.4 is 4.90 Å². The molecule has 0 saturated heterocycles. The first-order valence-electron chi connectivity index (χ1n) is 7.87. The van der Waals surface area contributed by atoms with E-state index in [4.69, 9.17) is 4.74 Å². The predicted octanol–water partition coefficient (Wildman–Crippen LogP) is 3.59. The number of anilines is 2. The average molecular weight is 351 g/mol. The van der Waals surface area contributed by atoms with E-state index in [2.05, 4.69) is 50.2 Å². The third kappa shape index (κ3) is 3.29. The van der Waals surface area contributed by atoms with Gasteiger partial charge in [0.2, 0.25) is 0 Å². The Labute approximate surface area is 150 Å². The lowest BCUT2D eigenvalue weighted by molar-refractivity contribution is 0.205. The molecule has 2 aromatic heterocycles. The van der Waals surface area contributed by atoms with E-state index in [1.165, 1.54) is 0 Å². The second-order valence-corrected chi connectivity index (χ2v) is 6.55. The molecule has 0 atom stereocenters.